The molecule has 0 unspecified atom stereocenters. The highest BCUT2D eigenvalue weighted by Crippen LogP contribution is 2.12. The quantitative estimate of drug-likeness (QED) is 0.0981. The van der Waals surface area contributed by atoms with E-state index in [0.717, 1.165) is 32.1 Å². The van der Waals surface area contributed by atoms with Crippen molar-refractivity contribution in [2.24, 2.45) is 56.2 Å². The van der Waals surface area contributed by atoms with Crippen LogP contribution in [0.2, 0.25) is 0 Å². The Labute approximate surface area is 496 Å². The van der Waals surface area contributed by atoms with Gasteiger partial charge in [0.15, 0.2) is 44.7 Å². The van der Waals surface area contributed by atoms with Gasteiger partial charge in [-0.1, -0.05) is 0 Å². The maximum Gasteiger partial charge on any atom is 0.332 e. The highest BCUT2D eigenvalue weighted by Gasteiger charge is 2.20. The maximum atomic E-state index is 12.9. The first-order valence-corrected chi connectivity index (χ1v) is 26.0. The number of ketones is 4. The average molecular weight is 1170 g/mol. The highest BCUT2D eigenvalue weighted by molar-refractivity contribution is 5.77. The van der Waals surface area contributed by atoms with Crippen molar-refractivity contribution in [3.05, 3.63) is 107 Å². The van der Waals surface area contributed by atoms with Crippen molar-refractivity contribution in [1.82, 2.24) is 74.7 Å². The molecule has 0 atom stereocenters. The van der Waals surface area contributed by atoms with E-state index in [1.54, 1.807) is 44.2 Å². The van der Waals surface area contributed by atoms with Gasteiger partial charge in [-0.05, 0) is 99.8 Å². The third-order valence-corrected chi connectivity index (χ3v) is 13.2. The van der Waals surface area contributed by atoms with Crippen LogP contribution in [0.3, 0.4) is 0 Å². The summed E-state index contributed by atoms with van der Waals surface area (Å²) in [6.45, 7) is 0.676. The minimum Gasteiger partial charge on any atom is -0.328 e. The Bertz CT molecular complexity index is 4940. The highest BCUT2D eigenvalue weighted by atomic mass is 16.2. The molecule has 450 valence electrons. The zero-order chi connectivity index (χ0) is 74.9. The number of carbonyl (C=O) groups excluding carboxylic acids is 4. The SMILES string of the molecule is CC(=O)CCCCn1c(=O)c2c(ncn2C)n(C)c1=O.[2H]C([2H])(CCCn1c(=O)c2c(nc(C)n2C([2H])([2H])[2H])n(C([2H])([2H])[2H])c1=O)C(C)=O.[2H]C([2H])(CCCn1c(=O)c2c(nc(C)n2C([2H])([2H])[2H])n(C)c1=O)C(C)=O.[2H]C([2H])(CCCn1c(=O)c2c(nc(C)n2C)n(C)c1=O)C(C)=O. The van der Waals surface area contributed by atoms with Crippen molar-refractivity contribution >= 4 is 67.8 Å². The number of fused-ring (bicyclic) bond motifs is 4. The summed E-state index contributed by atoms with van der Waals surface area (Å²) in [5.41, 5.74) is -5.29. The molecule has 8 heterocycles. The predicted molar refractivity (Wildman–Crippen MR) is 313 cm³/mol. The first-order valence-electron chi connectivity index (χ1n) is 33.5. The summed E-state index contributed by atoms with van der Waals surface area (Å²) in [4.78, 5) is 161. The molecule has 0 aliphatic heterocycles. The fourth-order valence-corrected chi connectivity index (χ4v) is 8.61. The van der Waals surface area contributed by atoms with Gasteiger partial charge in [0.25, 0.3) is 22.2 Å². The molecule has 0 aromatic carbocycles. The summed E-state index contributed by atoms with van der Waals surface area (Å²) in [5, 5.41) is 0. The molecule has 0 saturated carbocycles. The lowest BCUT2D eigenvalue weighted by Gasteiger charge is -2.08. The topological polar surface area (TPSA) is 316 Å². The van der Waals surface area contributed by atoms with Crippen LogP contribution < -0.4 is 45.0 Å². The number of unbranched alkanes of at least 4 members (excludes halogenated alkanes) is 1. The Hall–Kier alpha value is -8.72. The number of carbonyl (C=O) groups is 4. The Balaban J connectivity index is 0.000000238. The first kappa shape index (κ1) is 45.8. The number of Topliss-reactive ketones (excluding diaryl/α,β-unsaturated/α-hetero) is 4. The van der Waals surface area contributed by atoms with Gasteiger partial charge in [0.1, 0.15) is 40.6 Å². The van der Waals surface area contributed by atoms with Crippen molar-refractivity contribution in [3.63, 3.8) is 0 Å². The van der Waals surface area contributed by atoms with Crippen molar-refractivity contribution < 1.29 is 39.7 Å². The molecule has 0 aliphatic rings. The summed E-state index contributed by atoms with van der Waals surface area (Å²) < 4.78 is 127. The van der Waals surface area contributed by atoms with Gasteiger partial charge in [-0.2, -0.15) is 0 Å². The Morgan fingerprint density at radius 3 is 1.05 bits per heavy atom. The second-order valence-corrected chi connectivity index (χ2v) is 19.4. The molecule has 0 bridgehead atoms. The number of aromatic nitrogens is 16. The van der Waals surface area contributed by atoms with Crippen molar-refractivity contribution in [2.75, 3.05) is 0 Å². The summed E-state index contributed by atoms with van der Waals surface area (Å²) in [5.74, 6) is -1.26. The van der Waals surface area contributed by atoms with Gasteiger partial charge in [0.05, 0.1) is 6.33 Å². The monoisotopic (exact) mass is 1170 g/mol. The van der Waals surface area contributed by atoms with Crippen molar-refractivity contribution in [3.8, 4) is 0 Å². The molecule has 83 heavy (non-hydrogen) atoms. The number of imidazole rings is 4. The molecule has 0 radical (unpaired) electrons. The molecular weight excluding hydrogens is 1080 g/mol. The maximum absolute atomic E-state index is 12.9. The van der Waals surface area contributed by atoms with E-state index in [0.29, 0.717) is 63.1 Å². The molecule has 0 aliphatic carbocycles. The van der Waals surface area contributed by atoms with Gasteiger partial charge in [-0.3, -0.25) is 55.7 Å². The number of rotatable bonds is 20. The fraction of sp³-hybridized carbons (Fsp3) is 0.564. The van der Waals surface area contributed by atoms with Crippen LogP contribution in [0.15, 0.2) is 44.7 Å². The van der Waals surface area contributed by atoms with Crippen LogP contribution in [-0.2, 0) is 102 Å². The molecule has 0 saturated heterocycles. The van der Waals surface area contributed by atoms with E-state index < -0.39 is 109 Å². The van der Waals surface area contributed by atoms with E-state index in [2.05, 4.69) is 19.9 Å². The lowest BCUT2D eigenvalue weighted by atomic mass is 10.2. The lowest BCUT2D eigenvalue weighted by molar-refractivity contribution is -0.118. The smallest absolute Gasteiger partial charge is 0.328 e. The number of hydrogen-bond donors (Lipinski definition) is 0. The fourth-order valence-electron chi connectivity index (χ4n) is 8.61. The van der Waals surface area contributed by atoms with Gasteiger partial charge in [-0.25, -0.2) is 39.1 Å². The molecule has 0 spiro atoms. The van der Waals surface area contributed by atoms with Gasteiger partial charge in [0.2, 0.25) is 0 Å². The van der Waals surface area contributed by atoms with Gasteiger partial charge in [-0.15, -0.1) is 0 Å². The van der Waals surface area contributed by atoms with Crippen molar-refractivity contribution in [2.45, 2.75) is 152 Å². The summed E-state index contributed by atoms with van der Waals surface area (Å²) in [7, 11) is 7.95. The van der Waals surface area contributed by atoms with Crippen LogP contribution in [0.1, 0.15) is 143 Å². The number of nitrogens with zero attached hydrogens (tertiary/aromatic N) is 16. The molecule has 8 aromatic rings. The van der Waals surface area contributed by atoms with Crippen LogP contribution in [0.5, 0.6) is 0 Å². The Kier molecular flexibility index (Phi) is 15.4. The zero-order valence-corrected chi connectivity index (χ0v) is 48.3. The normalized spacial score (nSPS) is 14.9. The van der Waals surface area contributed by atoms with Gasteiger partial charge in [0, 0.05) is 128 Å². The summed E-state index contributed by atoms with van der Waals surface area (Å²) >= 11 is 0. The minimum atomic E-state index is -3.04. The summed E-state index contributed by atoms with van der Waals surface area (Å²) in [6, 6.07) is 0. The molecule has 0 fully saturated rings. The molecule has 8 rings (SSSR count). The molecule has 0 amide bonds. The molecule has 8 aromatic heterocycles. The van der Waals surface area contributed by atoms with Gasteiger partial charge < -0.3 is 37.4 Å². The number of aryl methyl sites for hydroxylation is 11. The third-order valence-electron chi connectivity index (χ3n) is 13.2. The second kappa shape index (κ2) is 27.8. The minimum absolute atomic E-state index is 0.0241. The predicted octanol–water partition coefficient (Wildman–Crippen LogP) is 1.70. The molecule has 0 N–H and O–H groups in total. The van der Waals surface area contributed by atoms with E-state index in [-0.39, 0.29) is 96.0 Å². The average Bonchev–Trinajstić information content (AvgIpc) is 1.55. The van der Waals surface area contributed by atoms with Gasteiger partial charge >= 0.3 is 22.8 Å². The second-order valence-electron chi connectivity index (χ2n) is 19.4. The third kappa shape index (κ3) is 14.5. The van der Waals surface area contributed by atoms with E-state index in [4.69, 9.17) is 20.6 Å². The van der Waals surface area contributed by atoms with Crippen LogP contribution in [0.25, 0.3) is 44.7 Å². The van der Waals surface area contributed by atoms with Crippen LogP contribution in [0.4, 0.5) is 0 Å². The number of hydrogen-bond acceptors (Lipinski definition) is 16. The molecular formula is C55H78N16O12. The van der Waals surface area contributed by atoms with Crippen molar-refractivity contribution in [1.29, 1.82) is 0 Å². The molecule has 28 heteroatoms. The Morgan fingerprint density at radius 2 is 0.699 bits per heavy atom. The van der Waals surface area contributed by atoms with E-state index in [9.17, 15) is 57.5 Å². The summed E-state index contributed by atoms with van der Waals surface area (Å²) in [6.07, 6.45) is -3.23. The van der Waals surface area contributed by atoms with E-state index in [1.165, 1.54) is 54.8 Å². The van der Waals surface area contributed by atoms with Crippen LogP contribution >= 0.6 is 0 Å². The lowest BCUT2D eigenvalue weighted by Crippen LogP contribution is -2.39. The van der Waals surface area contributed by atoms with Crippen LogP contribution in [0, 0.1) is 20.8 Å². The zero-order valence-electron chi connectivity index (χ0n) is 63.3. The largest absolute Gasteiger partial charge is 0.332 e. The van der Waals surface area contributed by atoms with E-state index >= 15 is 0 Å². The first-order chi connectivity index (χ1) is 44.8. The Morgan fingerprint density at radius 1 is 0.398 bits per heavy atom. The van der Waals surface area contributed by atoms with Crippen LogP contribution in [-0.4, -0.2) is 97.9 Å². The standard InChI is InChI=1S/3C14H20N4O3.C13H18N4O3/c3*1-9(19)7-5-6-8-18-13(20)11-12(17(4)14(18)21)15-10(2)16(11)3;1-9(18)6-4-5-7-17-12(19)10-11(14-8-15(10)2)16(3)13(17)20/h3*5-8H2,1-4H3;8H,4-7H2,1-3H3/i3D3,4D3,7D2;3D3,7D2;7D2;. The van der Waals surface area contributed by atoms with E-state index in [1.807, 2.05) is 0 Å². The molecule has 28 nitrogen and oxygen atoms in total.